The average Bonchev–Trinajstić information content (AvgIpc) is 1.72. The molecule has 47 valence electrons. The second-order valence-corrected chi connectivity index (χ2v) is 1.02. The standard InChI is InChI=1S/C5H5N.ClH.Co/c1-2-4-6-5-3-1;;/h1-5H;1H;. The summed E-state index contributed by atoms with van der Waals surface area (Å²) in [5, 5.41) is 0. The zero-order chi connectivity index (χ0) is 4.24. The van der Waals surface area contributed by atoms with E-state index in [9.17, 15) is 0 Å². The number of hydrogen-bond acceptors (Lipinski definition) is 1. The molecule has 0 aliphatic carbocycles. The van der Waals surface area contributed by atoms with Gasteiger partial charge in [-0.25, -0.2) is 0 Å². The molecule has 1 heterocycles. The van der Waals surface area contributed by atoms with Crippen LogP contribution in [-0.4, -0.2) is 4.98 Å². The van der Waals surface area contributed by atoms with E-state index in [1.807, 2.05) is 18.2 Å². The molecule has 0 aliphatic heterocycles. The van der Waals surface area contributed by atoms with E-state index in [4.69, 9.17) is 0 Å². The van der Waals surface area contributed by atoms with Gasteiger partial charge in [-0.15, -0.1) is 12.4 Å². The molecule has 1 radical (unpaired) electrons. The molecule has 0 saturated carbocycles. The topological polar surface area (TPSA) is 12.9 Å². The third-order valence-electron chi connectivity index (χ3n) is 0.566. The van der Waals surface area contributed by atoms with E-state index in [-0.39, 0.29) is 29.2 Å². The maximum atomic E-state index is 3.78. The molecule has 0 spiro atoms. The number of halogens is 1. The van der Waals surface area contributed by atoms with Crippen LogP contribution in [0.5, 0.6) is 0 Å². The van der Waals surface area contributed by atoms with Crippen molar-refractivity contribution in [3.63, 3.8) is 0 Å². The summed E-state index contributed by atoms with van der Waals surface area (Å²) in [6.45, 7) is 0. The number of aromatic nitrogens is 1. The van der Waals surface area contributed by atoms with Crippen molar-refractivity contribution in [2.45, 2.75) is 0 Å². The first-order valence-corrected chi connectivity index (χ1v) is 1.85. The van der Waals surface area contributed by atoms with Crippen molar-refractivity contribution in [3.05, 3.63) is 30.6 Å². The summed E-state index contributed by atoms with van der Waals surface area (Å²) in [4.78, 5) is 3.78. The smallest absolute Gasteiger partial charge is 0.0267 e. The van der Waals surface area contributed by atoms with Crippen molar-refractivity contribution in [3.8, 4) is 0 Å². The molecule has 0 fully saturated rings. The van der Waals surface area contributed by atoms with Crippen LogP contribution >= 0.6 is 12.4 Å². The van der Waals surface area contributed by atoms with E-state index in [1.54, 1.807) is 12.4 Å². The zero-order valence-corrected chi connectivity index (χ0v) is 5.93. The summed E-state index contributed by atoms with van der Waals surface area (Å²) in [5.41, 5.74) is 0. The maximum Gasteiger partial charge on any atom is 0.0267 e. The first-order chi connectivity index (χ1) is 3.00. The third-order valence-corrected chi connectivity index (χ3v) is 0.566. The van der Waals surface area contributed by atoms with Crippen LogP contribution in [0.4, 0.5) is 0 Å². The van der Waals surface area contributed by atoms with Crippen LogP contribution in [0.1, 0.15) is 0 Å². The van der Waals surface area contributed by atoms with Crippen LogP contribution in [-0.2, 0) is 16.8 Å². The van der Waals surface area contributed by atoms with Crippen molar-refractivity contribution >= 4 is 12.4 Å². The van der Waals surface area contributed by atoms with Crippen molar-refractivity contribution in [2.24, 2.45) is 0 Å². The monoisotopic (exact) mass is 174 g/mol. The number of nitrogens with zero attached hydrogens (tertiary/aromatic N) is 1. The van der Waals surface area contributed by atoms with Gasteiger partial charge in [0, 0.05) is 29.2 Å². The summed E-state index contributed by atoms with van der Waals surface area (Å²) in [6, 6.07) is 5.72. The van der Waals surface area contributed by atoms with Gasteiger partial charge in [-0.3, -0.25) is 4.98 Å². The normalized spacial score (nSPS) is 6.00. The molecule has 0 aliphatic rings. The Balaban J connectivity index is 0. The molecule has 0 unspecified atom stereocenters. The fourth-order valence-corrected chi connectivity index (χ4v) is 0.313. The van der Waals surface area contributed by atoms with E-state index in [0.29, 0.717) is 0 Å². The van der Waals surface area contributed by atoms with Crippen molar-refractivity contribution in [2.75, 3.05) is 0 Å². The van der Waals surface area contributed by atoms with E-state index < -0.39 is 0 Å². The number of pyridine rings is 1. The second-order valence-electron chi connectivity index (χ2n) is 1.02. The van der Waals surface area contributed by atoms with Crippen molar-refractivity contribution in [1.82, 2.24) is 4.98 Å². The molecular formula is C5H6ClCoN. The van der Waals surface area contributed by atoms with Gasteiger partial charge in [-0.1, -0.05) is 6.07 Å². The van der Waals surface area contributed by atoms with Crippen LogP contribution in [0.2, 0.25) is 0 Å². The summed E-state index contributed by atoms with van der Waals surface area (Å²) in [5.74, 6) is 0. The predicted molar refractivity (Wildman–Crippen MR) is 31.5 cm³/mol. The minimum absolute atomic E-state index is 0. The van der Waals surface area contributed by atoms with Gasteiger partial charge in [-0.2, -0.15) is 0 Å². The largest absolute Gasteiger partial charge is 0.265 e. The van der Waals surface area contributed by atoms with Crippen molar-refractivity contribution in [1.29, 1.82) is 0 Å². The zero-order valence-electron chi connectivity index (χ0n) is 4.08. The summed E-state index contributed by atoms with van der Waals surface area (Å²) >= 11 is 0. The van der Waals surface area contributed by atoms with Crippen LogP contribution in [0.15, 0.2) is 30.6 Å². The van der Waals surface area contributed by atoms with Gasteiger partial charge in [0.15, 0.2) is 0 Å². The number of rotatable bonds is 0. The molecule has 0 amide bonds. The minimum atomic E-state index is 0. The molecule has 0 saturated heterocycles. The molecule has 1 aromatic rings. The minimum Gasteiger partial charge on any atom is -0.265 e. The summed E-state index contributed by atoms with van der Waals surface area (Å²) in [7, 11) is 0. The Morgan fingerprint density at radius 1 is 0.875 bits per heavy atom. The van der Waals surface area contributed by atoms with Gasteiger partial charge in [0.1, 0.15) is 0 Å². The molecule has 8 heavy (non-hydrogen) atoms. The maximum absolute atomic E-state index is 3.78. The van der Waals surface area contributed by atoms with E-state index >= 15 is 0 Å². The van der Waals surface area contributed by atoms with Crippen LogP contribution < -0.4 is 0 Å². The first-order valence-electron chi connectivity index (χ1n) is 1.85. The fraction of sp³-hybridized carbons (Fsp3) is 0. The number of hydrogen-bond donors (Lipinski definition) is 0. The van der Waals surface area contributed by atoms with Crippen LogP contribution in [0.25, 0.3) is 0 Å². The van der Waals surface area contributed by atoms with E-state index in [1.165, 1.54) is 0 Å². The molecule has 1 nitrogen and oxygen atoms in total. The Morgan fingerprint density at radius 2 is 1.38 bits per heavy atom. The Bertz CT molecular complexity index is 84.4. The quantitative estimate of drug-likeness (QED) is 0.581. The van der Waals surface area contributed by atoms with Gasteiger partial charge < -0.3 is 0 Å². The second kappa shape index (κ2) is 6.95. The molecule has 3 heteroatoms. The van der Waals surface area contributed by atoms with Gasteiger partial charge >= 0.3 is 0 Å². The summed E-state index contributed by atoms with van der Waals surface area (Å²) < 4.78 is 0. The molecule has 0 N–H and O–H groups in total. The van der Waals surface area contributed by atoms with Gasteiger partial charge in [0.2, 0.25) is 0 Å². The Hall–Kier alpha value is -0.0535. The Morgan fingerprint density at radius 3 is 1.50 bits per heavy atom. The van der Waals surface area contributed by atoms with Crippen LogP contribution in [0.3, 0.4) is 0 Å². The molecular weight excluding hydrogens is 168 g/mol. The van der Waals surface area contributed by atoms with Gasteiger partial charge in [0.05, 0.1) is 0 Å². The summed E-state index contributed by atoms with van der Waals surface area (Å²) in [6.07, 6.45) is 3.50. The third kappa shape index (κ3) is 4.11. The molecule has 0 aromatic carbocycles. The van der Waals surface area contributed by atoms with Gasteiger partial charge in [-0.05, 0) is 12.1 Å². The van der Waals surface area contributed by atoms with Crippen molar-refractivity contribution < 1.29 is 16.8 Å². The SMILES string of the molecule is Cl.[Co].c1ccncc1. The molecule has 0 bridgehead atoms. The van der Waals surface area contributed by atoms with E-state index in [0.717, 1.165) is 0 Å². The Kier molecular flexibility index (Phi) is 9.42. The van der Waals surface area contributed by atoms with Crippen LogP contribution in [0, 0.1) is 0 Å². The molecule has 0 atom stereocenters. The first kappa shape index (κ1) is 10.8. The van der Waals surface area contributed by atoms with E-state index in [2.05, 4.69) is 4.98 Å². The molecule has 1 aromatic heterocycles. The average molecular weight is 174 g/mol. The predicted octanol–water partition coefficient (Wildman–Crippen LogP) is 1.50. The van der Waals surface area contributed by atoms with Gasteiger partial charge in [0.25, 0.3) is 0 Å². The molecule has 1 rings (SSSR count). The fourth-order valence-electron chi connectivity index (χ4n) is 0.313. The Labute approximate surface area is 65.1 Å².